The van der Waals surface area contributed by atoms with Crippen LogP contribution in [0.2, 0.25) is 0 Å². The van der Waals surface area contributed by atoms with Gasteiger partial charge in [0.1, 0.15) is 0 Å². The highest BCUT2D eigenvalue weighted by Crippen LogP contribution is 2.52. The minimum atomic E-state index is -0.0583. The van der Waals surface area contributed by atoms with E-state index in [0.29, 0.717) is 0 Å². The molecule has 4 unspecified atom stereocenters. The highest BCUT2D eigenvalue weighted by atomic mass is 79.9. The van der Waals surface area contributed by atoms with Crippen molar-refractivity contribution in [2.24, 2.45) is 10.8 Å². The Balaban J connectivity index is 2.94. The molecule has 0 radical (unpaired) electrons. The van der Waals surface area contributed by atoms with Crippen LogP contribution in [0.25, 0.3) is 0 Å². The van der Waals surface area contributed by atoms with Crippen LogP contribution in [0.1, 0.15) is 26.7 Å². The second-order valence-electron chi connectivity index (χ2n) is 4.93. The Labute approximate surface area is 115 Å². The summed E-state index contributed by atoms with van der Waals surface area (Å²) in [6, 6.07) is 0. The molecule has 0 aromatic heterocycles. The van der Waals surface area contributed by atoms with Gasteiger partial charge < -0.3 is 0 Å². The molecule has 0 aromatic carbocycles. The van der Waals surface area contributed by atoms with Crippen molar-refractivity contribution in [3.63, 3.8) is 0 Å². The van der Waals surface area contributed by atoms with E-state index < -0.39 is 0 Å². The second kappa shape index (κ2) is 5.16. The van der Waals surface area contributed by atoms with Gasteiger partial charge in [-0.15, -0.1) is 23.2 Å². The average molecular weight is 335 g/mol. The predicted octanol–water partition coefficient (Wildman–Crippen LogP) is 5.16. The van der Waals surface area contributed by atoms with Crippen LogP contribution >= 0.6 is 50.7 Å². The molecule has 1 aliphatic rings. The quantitative estimate of drug-likeness (QED) is 0.612. The summed E-state index contributed by atoms with van der Waals surface area (Å²) in [7, 11) is 0. The lowest BCUT2D eigenvalue weighted by Crippen LogP contribution is -2.46. The third-order valence-electron chi connectivity index (χ3n) is 3.42. The van der Waals surface area contributed by atoms with Gasteiger partial charge >= 0.3 is 0 Å². The lowest BCUT2D eigenvalue weighted by molar-refractivity contribution is 0.154. The van der Waals surface area contributed by atoms with Crippen LogP contribution in [-0.4, -0.2) is 16.1 Å². The molecule has 0 aliphatic heterocycles. The van der Waals surface area contributed by atoms with E-state index in [4.69, 9.17) is 34.8 Å². The van der Waals surface area contributed by atoms with Crippen LogP contribution < -0.4 is 0 Å². The van der Waals surface area contributed by atoms with E-state index in [-0.39, 0.29) is 21.6 Å². The highest BCUT2D eigenvalue weighted by molar-refractivity contribution is 9.09. The largest absolute Gasteiger partial charge is 0.122 e. The molecule has 0 bridgehead atoms. The van der Waals surface area contributed by atoms with Crippen LogP contribution in [-0.2, 0) is 0 Å². The number of rotatable bonds is 2. The molecule has 1 rings (SSSR count). The molecule has 1 aliphatic carbocycles. The van der Waals surface area contributed by atoms with Gasteiger partial charge in [-0.05, 0) is 18.3 Å². The van der Waals surface area contributed by atoms with Gasteiger partial charge in [0, 0.05) is 27.0 Å². The number of halogens is 4. The number of hydrogen-bond acceptors (Lipinski definition) is 0. The number of allylic oxidation sites excluding steroid dienone is 1. The first-order valence-electron chi connectivity index (χ1n) is 5.00. The Morgan fingerprint density at radius 1 is 1.33 bits per heavy atom. The Kier molecular flexibility index (Phi) is 4.87. The van der Waals surface area contributed by atoms with Gasteiger partial charge in [-0.3, -0.25) is 0 Å². The van der Waals surface area contributed by atoms with E-state index in [9.17, 15) is 0 Å². The Hall–Kier alpha value is 1.09. The Morgan fingerprint density at radius 3 is 2.40 bits per heavy atom. The zero-order valence-electron chi connectivity index (χ0n) is 8.94. The lowest BCUT2D eigenvalue weighted by Gasteiger charge is -2.48. The predicted molar refractivity (Wildman–Crippen MR) is 73.5 cm³/mol. The normalized spacial score (nSPS) is 47.3. The third-order valence-corrected chi connectivity index (χ3v) is 6.21. The standard InChI is InChI=1S/C11H16BrCl3/c1-10(3-4-13)6-11(2,7-12)9(15)5-8(10)14/h3-4,8-9H,5-7H2,1-2H3. The first-order valence-corrected chi connectivity index (χ1v) is 7.43. The van der Waals surface area contributed by atoms with Crippen molar-refractivity contribution in [2.75, 3.05) is 5.33 Å². The van der Waals surface area contributed by atoms with E-state index in [1.54, 1.807) is 5.54 Å². The van der Waals surface area contributed by atoms with Crippen molar-refractivity contribution in [3.8, 4) is 0 Å². The van der Waals surface area contributed by atoms with Crippen molar-refractivity contribution >= 4 is 50.7 Å². The maximum absolute atomic E-state index is 6.37. The monoisotopic (exact) mass is 332 g/mol. The zero-order chi connectivity index (χ0) is 11.7. The summed E-state index contributed by atoms with van der Waals surface area (Å²) in [6.07, 6.45) is 3.77. The Bertz CT molecular complexity index is 256. The topological polar surface area (TPSA) is 0 Å². The summed E-state index contributed by atoms with van der Waals surface area (Å²) >= 11 is 22.0. The summed E-state index contributed by atoms with van der Waals surface area (Å²) in [4.78, 5) is 0. The van der Waals surface area contributed by atoms with Crippen LogP contribution in [0.15, 0.2) is 11.6 Å². The molecule has 1 fully saturated rings. The molecule has 15 heavy (non-hydrogen) atoms. The first-order chi connectivity index (χ1) is 6.88. The molecule has 0 heterocycles. The van der Waals surface area contributed by atoms with Crippen molar-refractivity contribution in [1.29, 1.82) is 0 Å². The number of hydrogen-bond donors (Lipinski definition) is 0. The fourth-order valence-corrected chi connectivity index (χ4v) is 4.08. The molecule has 0 amide bonds. The Morgan fingerprint density at radius 2 is 1.93 bits per heavy atom. The summed E-state index contributed by atoms with van der Waals surface area (Å²) in [5.41, 5.74) is 1.59. The van der Waals surface area contributed by atoms with Gasteiger partial charge in [0.15, 0.2) is 0 Å². The van der Waals surface area contributed by atoms with Crippen LogP contribution in [0.5, 0.6) is 0 Å². The second-order valence-corrected chi connectivity index (χ2v) is 6.80. The average Bonchev–Trinajstić information content (AvgIpc) is 2.15. The summed E-state index contributed by atoms with van der Waals surface area (Å²) in [5, 5.41) is 1.07. The van der Waals surface area contributed by atoms with Gasteiger partial charge in [-0.25, -0.2) is 0 Å². The molecular weight excluding hydrogens is 318 g/mol. The van der Waals surface area contributed by atoms with Crippen LogP contribution in [0.4, 0.5) is 0 Å². The molecule has 4 heteroatoms. The molecule has 88 valence electrons. The molecular formula is C11H16BrCl3. The maximum Gasteiger partial charge on any atom is 0.0439 e. The van der Waals surface area contributed by atoms with Gasteiger partial charge in [-0.2, -0.15) is 0 Å². The van der Waals surface area contributed by atoms with Gasteiger partial charge in [0.25, 0.3) is 0 Å². The zero-order valence-corrected chi connectivity index (χ0v) is 12.8. The summed E-state index contributed by atoms with van der Waals surface area (Å²) < 4.78 is 0. The maximum atomic E-state index is 6.37. The fourth-order valence-electron chi connectivity index (χ4n) is 2.27. The third kappa shape index (κ3) is 2.86. The van der Waals surface area contributed by atoms with E-state index in [1.807, 2.05) is 6.08 Å². The lowest BCUT2D eigenvalue weighted by atomic mass is 9.64. The fraction of sp³-hybridized carbons (Fsp3) is 0.818. The minimum absolute atomic E-state index is 0.0575. The minimum Gasteiger partial charge on any atom is -0.122 e. The highest BCUT2D eigenvalue weighted by Gasteiger charge is 2.47. The van der Waals surface area contributed by atoms with Crippen molar-refractivity contribution in [1.82, 2.24) is 0 Å². The van der Waals surface area contributed by atoms with E-state index in [1.165, 1.54) is 0 Å². The van der Waals surface area contributed by atoms with Gasteiger partial charge in [-0.1, -0.05) is 47.5 Å². The van der Waals surface area contributed by atoms with Crippen LogP contribution in [0.3, 0.4) is 0 Å². The molecule has 4 atom stereocenters. The van der Waals surface area contributed by atoms with Crippen molar-refractivity contribution in [2.45, 2.75) is 37.4 Å². The molecule has 0 N–H and O–H groups in total. The number of alkyl halides is 3. The smallest absolute Gasteiger partial charge is 0.0439 e. The van der Waals surface area contributed by atoms with Crippen LogP contribution in [0, 0.1) is 10.8 Å². The van der Waals surface area contributed by atoms with E-state index >= 15 is 0 Å². The van der Waals surface area contributed by atoms with Gasteiger partial charge in [0.05, 0.1) is 0 Å². The van der Waals surface area contributed by atoms with Crippen molar-refractivity contribution in [3.05, 3.63) is 11.6 Å². The van der Waals surface area contributed by atoms with E-state index in [0.717, 1.165) is 18.2 Å². The molecule has 0 saturated heterocycles. The van der Waals surface area contributed by atoms with Gasteiger partial charge in [0.2, 0.25) is 0 Å². The molecule has 0 aromatic rings. The van der Waals surface area contributed by atoms with Crippen molar-refractivity contribution < 1.29 is 0 Å². The summed E-state index contributed by atoms with van der Waals surface area (Å²) in [6.45, 7) is 4.34. The first kappa shape index (κ1) is 14.2. The SMILES string of the molecule is CC1(C=CCl)CC(C)(CBr)C(Cl)CC1Cl. The molecule has 1 saturated carbocycles. The van der Waals surface area contributed by atoms with E-state index in [2.05, 4.69) is 29.8 Å². The molecule has 0 nitrogen and oxygen atoms in total. The molecule has 0 spiro atoms. The summed E-state index contributed by atoms with van der Waals surface area (Å²) in [5.74, 6) is 0.